The molecule has 0 fully saturated rings. The second-order valence-corrected chi connectivity index (χ2v) is 5.82. The van der Waals surface area contributed by atoms with Crippen molar-refractivity contribution in [3.8, 4) is 6.07 Å². The van der Waals surface area contributed by atoms with Crippen LogP contribution in [0.3, 0.4) is 0 Å². The molecule has 0 saturated carbocycles. The maximum Gasteiger partial charge on any atom is 0.181 e. The molecule has 0 atom stereocenters. The molecule has 0 aliphatic rings. The quantitative estimate of drug-likeness (QED) is 0.725. The first-order chi connectivity index (χ1) is 6.89. The zero-order chi connectivity index (χ0) is 11.6. The van der Waals surface area contributed by atoms with Crippen molar-refractivity contribution in [3.63, 3.8) is 0 Å². The molecule has 0 saturated heterocycles. The van der Waals surface area contributed by atoms with Gasteiger partial charge >= 0.3 is 0 Å². The van der Waals surface area contributed by atoms with Crippen molar-refractivity contribution in [1.29, 1.82) is 5.26 Å². The summed E-state index contributed by atoms with van der Waals surface area (Å²) in [5.74, 6) is -0.616. The van der Waals surface area contributed by atoms with Gasteiger partial charge in [0.1, 0.15) is 11.9 Å². The van der Waals surface area contributed by atoms with Gasteiger partial charge in [0.25, 0.3) is 0 Å². The predicted octanol–water partition coefficient (Wildman–Crippen LogP) is 1.88. The molecule has 5 heteroatoms. The topological polar surface area (TPSA) is 57.9 Å². The van der Waals surface area contributed by atoms with E-state index >= 15 is 0 Å². The third-order valence-corrected chi connectivity index (χ3v) is 4.20. The van der Waals surface area contributed by atoms with E-state index in [1.165, 1.54) is 13.8 Å². The normalized spacial score (nSPS) is 11.4. The number of halogens is 1. The molecule has 0 amide bonds. The number of benzene rings is 1. The SMILES string of the molecule is CC(C)S(=O)(=O)c1ccc(F)cc1C#N. The van der Waals surface area contributed by atoms with E-state index in [1.54, 1.807) is 6.07 Å². The summed E-state index contributed by atoms with van der Waals surface area (Å²) < 4.78 is 36.3. The average molecular weight is 227 g/mol. The highest BCUT2D eigenvalue weighted by atomic mass is 32.2. The van der Waals surface area contributed by atoms with Crippen LogP contribution in [0.25, 0.3) is 0 Å². The Kier molecular flexibility index (Phi) is 3.10. The number of hydrogen-bond acceptors (Lipinski definition) is 3. The number of rotatable bonds is 2. The van der Waals surface area contributed by atoms with Gasteiger partial charge in [0.05, 0.1) is 15.7 Å². The van der Waals surface area contributed by atoms with Crippen LogP contribution in [0, 0.1) is 17.1 Å². The fraction of sp³-hybridized carbons (Fsp3) is 0.300. The predicted molar refractivity (Wildman–Crippen MR) is 53.4 cm³/mol. The molecular formula is C10H10FNO2S. The van der Waals surface area contributed by atoms with Gasteiger partial charge in [-0.2, -0.15) is 5.26 Å². The Morgan fingerprint density at radius 2 is 2.00 bits per heavy atom. The summed E-state index contributed by atoms with van der Waals surface area (Å²) in [6.45, 7) is 3.03. The first-order valence-corrected chi connectivity index (χ1v) is 5.87. The Bertz CT molecular complexity index is 515. The Morgan fingerprint density at radius 1 is 1.40 bits per heavy atom. The maximum absolute atomic E-state index is 12.8. The second-order valence-electron chi connectivity index (χ2n) is 3.35. The second kappa shape index (κ2) is 3.99. The van der Waals surface area contributed by atoms with E-state index in [0.29, 0.717) is 0 Å². The fourth-order valence-electron chi connectivity index (χ4n) is 1.09. The van der Waals surface area contributed by atoms with E-state index in [4.69, 9.17) is 5.26 Å². The van der Waals surface area contributed by atoms with Crippen molar-refractivity contribution in [2.24, 2.45) is 0 Å². The molecule has 0 spiro atoms. The van der Waals surface area contributed by atoms with Gasteiger partial charge < -0.3 is 0 Å². The number of nitrogens with zero attached hydrogens (tertiary/aromatic N) is 1. The van der Waals surface area contributed by atoms with Gasteiger partial charge in [0.2, 0.25) is 0 Å². The van der Waals surface area contributed by atoms with Crippen molar-refractivity contribution >= 4 is 9.84 Å². The van der Waals surface area contributed by atoms with Gasteiger partial charge in [-0.15, -0.1) is 0 Å². The van der Waals surface area contributed by atoms with Gasteiger partial charge in [-0.05, 0) is 32.0 Å². The monoisotopic (exact) mass is 227 g/mol. The minimum absolute atomic E-state index is 0.110. The van der Waals surface area contributed by atoms with Crippen molar-refractivity contribution in [2.75, 3.05) is 0 Å². The van der Waals surface area contributed by atoms with E-state index in [2.05, 4.69) is 0 Å². The Hall–Kier alpha value is -1.41. The maximum atomic E-state index is 12.8. The van der Waals surface area contributed by atoms with Gasteiger partial charge in [-0.3, -0.25) is 0 Å². The molecule has 0 aliphatic heterocycles. The van der Waals surface area contributed by atoms with Crippen LogP contribution in [0.2, 0.25) is 0 Å². The van der Waals surface area contributed by atoms with Crippen LogP contribution in [-0.2, 0) is 9.84 Å². The van der Waals surface area contributed by atoms with Crippen molar-refractivity contribution in [2.45, 2.75) is 24.0 Å². The Balaban J connectivity index is 3.47. The lowest BCUT2D eigenvalue weighted by atomic mass is 10.2. The first-order valence-electron chi connectivity index (χ1n) is 4.33. The van der Waals surface area contributed by atoms with E-state index in [0.717, 1.165) is 18.2 Å². The van der Waals surface area contributed by atoms with Crippen molar-refractivity contribution < 1.29 is 12.8 Å². The molecule has 1 rings (SSSR count). The lowest BCUT2D eigenvalue weighted by Crippen LogP contribution is -2.15. The summed E-state index contributed by atoms with van der Waals surface area (Å²) >= 11 is 0. The van der Waals surface area contributed by atoms with Crippen molar-refractivity contribution in [1.82, 2.24) is 0 Å². The van der Waals surface area contributed by atoms with E-state index in [-0.39, 0.29) is 10.5 Å². The van der Waals surface area contributed by atoms with Crippen LogP contribution in [0.5, 0.6) is 0 Å². The molecule has 0 unspecified atom stereocenters. The molecule has 3 nitrogen and oxygen atoms in total. The molecule has 1 aromatic rings. The third-order valence-electron chi connectivity index (χ3n) is 1.99. The first kappa shape index (κ1) is 11.7. The highest BCUT2D eigenvalue weighted by Crippen LogP contribution is 2.20. The standard InChI is InChI=1S/C10H10FNO2S/c1-7(2)15(13,14)10-4-3-9(11)5-8(10)6-12/h3-5,7H,1-2H3. The Labute approximate surface area is 88.1 Å². The zero-order valence-corrected chi connectivity index (χ0v) is 9.18. The molecule has 0 aromatic heterocycles. The van der Waals surface area contributed by atoms with Gasteiger partial charge in [0, 0.05) is 0 Å². The lowest BCUT2D eigenvalue weighted by Gasteiger charge is -2.08. The summed E-state index contributed by atoms with van der Waals surface area (Å²) in [6.07, 6.45) is 0. The smallest absolute Gasteiger partial charge is 0.181 e. The van der Waals surface area contributed by atoms with Gasteiger partial charge in [0.15, 0.2) is 9.84 Å². The average Bonchev–Trinajstić information content (AvgIpc) is 2.16. The molecule has 15 heavy (non-hydrogen) atoms. The van der Waals surface area contributed by atoms with Crippen LogP contribution in [0.1, 0.15) is 19.4 Å². The van der Waals surface area contributed by atoms with E-state index in [1.807, 2.05) is 0 Å². The molecular weight excluding hydrogens is 217 g/mol. The van der Waals surface area contributed by atoms with Crippen LogP contribution < -0.4 is 0 Å². The molecule has 0 bridgehead atoms. The van der Waals surface area contributed by atoms with Crippen LogP contribution >= 0.6 is 0 Å². The van der Waals surface area contributed by atoms with E-state index in [9.17, 15) is 12.8 Å². The minimum Gasteiger partial charge on any atom is -0.223 e. The van der Waals surface area contributed by atoms with Crippen LogP contribution in [0.15, 0.2) is 23.1 Å². The summed E-state index contributed by atoms with van der Waals surface area (Å²) in [4.78, 5) is -0.110. The highest BCUT2D eigenvalue weighted by molar-refractivity contribution is 7.92. The Morgan fingerprint density at radius 3 is 2.47 bits per heavy atom. The summed E-state index contributed by atoms with van der Waals surface area (Å²) in [7, 11) is -3.53. The summed E-state index contributed by atoms with van der Waals surface area (Å²) in [5, 5.41) is 8.08. The fourth-order valence-corrected chi connectivity index (χ4v) is 2.27. The summed E-state index contributed by atoms with van der Waals surface area (Å²) in [6, 6.07) is 4.77. The molecule has 0 N–H and O–H groups in total. The van der Waals surface area contributed by atoms with Crippen LogP contribution in [0.4, 0.5) is 4.39 Å². The molecule has 1 aromatic carbocycles. The number of hydrogen-bond donors (Lipinski definition) is 0. The van der Waals surface area contributed by atoms with Gasteiger partial charge in [-0.25, -0.2) is 12.8 Å². The largest absolute Gasteiger partial charge is 0.223 e. The molecule has 0 aliphatic carbocycles. The minimum atomic E-state index is -3.53. The third kappa shape index (κ3) is 2.16. The number of nitriles is 1. The number of sulfone groups is 1. The van der Waals surface area contributed by atoms with E-state index < -0.39 is 20.9 Å². The van der Waals surface area contributed by atoms with Crippen LogP contribution in [-0.4, -0.2) is 13.7 Å². The molecule has 0 radical (unpaired) electrons. The lowest BCUT2D eigenvalue weighted by molar-refractivity contribution is 0.586. The molecule has 80 valence electrons. The highest BCUT2D eigenvalue weighted by Gasteiger charge is 2.22. The zero-order valence-electron chi connectivity index (χ0n) is 8.36. The molecule has 0 heterocycles. The van der Waals surface area contributed by atoms with Crippen molar-refractivity contribution in [3.05, 3.63) is 29.6 Å². The van der Waals surface area contributed by atoms with Gasteiger partial charge in [-0.1, -0.05) is 0 Å². The summed E-state index contributed by atoms with van der Waals surface area (Å²) in [5.41, 5.74) is -0.149.